The van der Waals surface area contributed by atoms with Crippen molar-refractivity contribution < 1.29 is 143 Å². The van der Waals surface area contributed by atoms with Gasteiger partial charge in [-0.15, -0.1) is 0 Å². The molecule has 0 amide bonds. The first-order chi connectivity index (χ1) is 43.9. The highest BCUT2D eigenvalue weighted by atomic mass is 16.8. The van der Waals surface area contributed by atoms with E-state index in [1.807, 2.05) is 13.8 Å². The van der Waals surface area contributed by atoms with Crippen LogP contribution in [0.15, 0.2) is 23.3 Å². The molecule has 10 rings (SSSR count). The molecule has 29 nitrogen and oxygen atoms in total. The molecule has 4 saturated carbocycles. The van der Waals surface area contributed by atoms with Crippen molar-refractivity contribution in [3.05, 3.63) is 23.3 Å². The number of rotatable bonds is 16. The van der Waals surface area contributed by atoms with Crippen molar-refractivity contribution >= 4 is 11.9 Å². The Morgan fingerprint density at radius 3 is 1.66 bits per heavy atom. The van der Waals surface area contributed by atoms with Crippen molar-refractivity contribution in [2.45, 2.75) is 299 Å². The van der Waals surface area contributed by atoms with E-state index in [2.05, 4.69) is 40.7 Å². The normalized spacial score (nSPS) is 52.6. The van der Waals surface area contributed by atoms with Crippen molar-refractivity contribution in [1.82, 2.24) is 0 Å². The third kappa shape index (κ3) is 12.4. The Balaban J connectivity index is 0.976. The number of aliphatic hydroxyl groups excluding tert-OH is 15. The number of carboxylic acid groups (broad SMARTS) is 1. The molecular formula is C65H104O29. The average Bonchev–Trinajstić information content (AvgIpc) is 0.671. The minimum Gasteiger partial charge on any atom is -0.479 e. The van der Waals surface area contributed by atoms with E-state index in [-0.39, 0.29) is 23.2 Å². The van der Waals surface area contributed by atoms with Crippen LogP contribution < -0.4 is 0 Å². The van der Waals surface area contributed by atoms with Crippen LogP contribution >= 0.6 is 0 Å². The number of allylic oxidation sites excluding steroid dienone is 3. The van der Waals surface area contributed by atoms with Crippen molar-refractivity contribution in [1.29, 1.82) is 0 Å². The van der Waals surface area contributed by atoms with Gasteiger partial charge in [-0.25, -0.2) is 9.59 Å². The number of esters is 1. The smallest absolute Gasteiger partial charge is 0.335 e. The highest BCUT2D eigenvalue weighted by Crippen LogP contribution is 2.76. The van der Waals surface area contributed by atoms with Crippen LogP contribution in [0.2, 0.25) is 0 Å². The number of carboxylic acids is 1. The van der Waals surface area contributed by atoms with Gasteiger partial charge in [0.1, 0.15) is 110 Å². The zero-order valence-corrected chi connectivity index (χ0v) is 55.3. The maximum absolute atomic E-state index is 13.5. The van der Waals surface area contributed by atoms with Gasteiger partial charge in [-0.2, -0.15) is 0 Å². The van der Waals surface area contributed by atoms with Crippen LogP contribution in [-0.4, -0.2) is 285 Å². The molecule has 0 aromatic rings. The average molecular weight is 1350 g/mol. The summed E-state index contributed by atoms with van der Waals surface area (Å²) in [6, 6.07) is 0. The quantitative estimate of drug-likeness (QED) is 0.0340. The molecule has 0 aromatic carbocycles. The lowest BCUT2D eigenvalue weighted by Crippen LogP contribution is -2.70. The largest absolute Gasteiger partial charge is 0.479 e. The predicted molar refractivity (Wildman–Crippen MR) is 319 cm³/mol. The molecule has 35 atom stereocenters. The topological polar surface area (TPSA) is 459 Å². The molecule has 5 saturated heterocycles. The molecule has 29 heteroatoms. The van der Waals surface area contributed by atoms with Crippen molar-refractivity contribution in [3.8, 4) is 0 Å². The molecule has 5 heterocycles. The van der Waals surface area contributed by atoms with Crippen LogP contribution in [0.4, 0.5) is 0 Å². The summed E-state index contributed by atoms with van der Waals surface area (Å²) in [5.74, 6) is -2.69. The number of hydrogen-bond donors (Lipinski definition) is 16. The maximum atomic E-state index is 13.5. The van der Waals surface area contributed by atoms with Gasteiger partial charge >= 0.3 is 11.9 Å². The highest BCUT2D eigenvalue weighted by Gasteiger charge is 2.72. The van der Waals surface area contributed by atoms with Crippen molar-refractivity contribution in [3.63, 3.8) is 0 Å². The van der Waals surface area contributed by atoms with Crippen molar-refractivity contribution in [2.24, 2.45) is 50.2 Å². The number of carbonyl (C=O) groups excluding carboxylic acids is 1. The van der Waals surface area contributed by atoms with Crippen LogP contribution in [0.1, 0.15) is 128 Å². The second-order valence-corrected chi connectivity index (χ2v) is 30.7. The molecule has 0 bridgehead atoms. The first-order valence-electron chi connectivity index (χ1n) is 33.2. The van der Waals surface area contributed by atoms with Gasteiger partial charge in [0.2, 0.25) is 0 Å². The summed E-state index contributed by atoms with van der Waals surface area (Å²) in [5, 5.41) is 180. The molecule has 0 unspecified atom stereocenters. The Morgan fingerprint density at radius 2 is 1.06 bits per heavy atom. The third-order valence-electron chi connectivity index (χ3n) is 24.6. The molecule has 0 radical (unpaired) electrons. The van der Waals surface area contributed by atoms with Gasteiger partial charge in [0.15, 0.2) is 37.6 Å². The molecule has 10 aliphatic rings. The summed E-state index contributed by atoms with van der Waals surface area (Å²) in [6.45, 7) is 18.9. The summed E-state index contributed by atoms with van der Waals surface area (Å²) >= 11 is 0. The Hall–Kier alpha value is -2.58. The van der Waals surface area contributed by atoms with E-state index in [9.17, 15) is 91.3 Å². The van der Waals surface area contributed by atoms with E-state index >= 15 is 0 Å². The number of aliphatic carboxylic acids is 1. The SMILES string of the molecule is C/C=C(\C)C(=O)O[C@H]1CC(C)(C)C[C@H]2C3=CC[C@@H]4[C@@]5(C)CC[C@H](O[C@@H]6O[C@H](C(=O)O)[C@@H](O)[C@H](O[C@@H]7O[C@H](CO)[C@H](O)[C@H](O)[C@H]7O[C@@H]7O[C@@H](C)[C@H](O)[C@@H](O)[C@H]7O[C@@H]7O[C@@H](C)[C@H](O)[C@@H](O)[C@H]7O)[C@H]6O[C@@H]6O[C@H](CO)[C@@H](O)[C@H](O)[C@H]6O)C(C)(C)[C@@H]5CC[C@@]4(C)[C@]3(C)C[C@@H](O)[C@@]12CO. The van der Waals surface area contributed by atoms with Crippen LogP contribution in [0.3, 0.4) is 0 Å². The Bertz CT molecular complexity index is 2730. The Morgan fingerprint density at radius 1 is 0.553 bits per heavy atom. The van der Waals surface area contributed by atoms with Gasteiger partial charge in [-0.3, -0.25) is 0 Å². The van der Waals surface area contributed by atoms with Gasteiger partial charge in [-0.1, -0.05) is 66.2 Å². The lowest BCUT2D eigenvalue weighted by atomic mass is 9.33. The summed E-state index contributed by atoms with van der Waals surface area (Å²) < 4.78 is 68.1. The second kappa shape index (κ2) is 27.4. The monoisotopic (exact) mass is 1350 g/mol. The Labute approximate surface area is 546 Å². The van der Waals surface area contributed by atoms with Crippen LogP contribution in [0, 0.1) is 50.2 Å². The summed E-state index contributed by atoms with van der Waals surface area (Å²) in [4.78, 5) is 26.9. The number of aliphatic hydroxyl groups is 15. The molecule has 9 fully saturated rings. The van der Waals surface area contributed by atoms with Gasteiger partial charge in [0, 0.05) is 5.57 Å². The summed E-state index contributed by atoms with van der Waals surface area (Å²) in [5.41, 5.74) is -2.17. The van der Waals surface area contributed by atoms with Gasteiger partial charge < -0.3 is 134 Å². The first-order valence-corrected chi connectivity index (χ1v) is 33.2. The lowest BCUT2D eigenvalue weighted by molar-refractivity contribution is -0.412. The first kappa shape index (κ1) is 74.1. The third-order valence-corrected chi connectivity index (χ3v) is 24.6. The Kier molecular flexibility index (Phi) is 21.6. The number of hydrogen-bond acceptors (Lipinski definition) is 28. The van der Waals surface area contributed by atoms with Gasteiger partial charge in [-0.05, 0) is 124 Å². The van der Waals surface area contributed by atoms with E-state index < -0.39 is 231 Å². The minimum atomic E-state index is -2.34. The van der Waals surface area contributed by atoms with E-state index in [0.717, 1.165) is 5.57 Å². The lowest BCUT2D eigenvalue weighted by Gasteiger charge is -2.72. The van der Waals surface area contributed by atoms with Gasteiger partial charge in [0.05, 0.1) is 49.7 Å². The molecule has 538 valence electrons. The van der Waals surface area contributed by atoms with E-state index in [1.54, 1.807) is 19.9 Å². The molecule has 94 heavy (non-hydrogen) atoms. The number of carbonyl (C=O) groups is 2. The number of fused-ring (bicyclic) bond motifs is 7. The fourth-order valence-electron chi connectivity index (χ4n) is 18.7. The fraction of sp³-hybridized carbons (Fsp3) is 0.908. The standard InChI is InChI=1S/C65H104O29/c1-12-25(2)54(83)88-36-21-60(5,6)19-29-28-13-14-33-62(9)17-16-35(61(7,8)32(62)15-18-63(33,10)64(28,11)20-34(69)65(29,36)24-68)89-59-52(94-56-46(79)42(75)39(72)30(22-66)86-56)48(47(80)49(91-59)53(81)82)90-58-51(44(77)40(73)31(23-67)87-58)93-57-50(43(76)38(71)27(4)85-57)92-55-45(78)41(74)37(70)26(3)84-55/h12-13,26-27,29-52,55-59,66-80H,14-24H2,1-11H3,(H,81,82)/b25-12+/t26-,27-,29-,30+,31+,32-,33+,34+,35-,36-,37-,38-,39+,40-,41+,42-,43+,44-,45+,46+,47-,48-,49-,50+,51+,52+,55-,56-,57-,58-,59+,62-,63+,64+,65-/m0/s1. The predicted octanol–water partition coefficient (Wildman–Crippen LogP) is -2.13. The maximum Gasteiger partial charge on any atom is 0.335 e. The van der Waals surface area contributed by atoms with Crippen LogP contribution in [-0.2, 0) is 61.7 Å². The van der Waals surface area contributed by atoms with E-state index in [4.69, 9.17) is 52.1 Å². The number of ether oxygens (including phenoxy) is 11. The molecular weight excluding hydrogens is 1240 g/mol. The molecule has 16 N–H and O–H groups in total. The van der Waals surface area contributed by atoms with Crippen LogP contribution in [0.5, 0.6) is 0 Å². The van der Waals surface area contributed by atoms with Crippen molar-refractivity contribution in [2.75, 3.05) is 19.8 Å². The van der Waals surface area contributed by atoms with Crippen LogP contribution in [0.25, 0.3) is 0 Å². The minimum absolute atomic E-state index is 0.0131. The zero-order chi connectivity index (χ0) is 69.2. The van der Waals surface area contributed by atoms with Gasteiger partial charge in [0.25, 0.3) is 0 Å². The summed E-state index contributed by atoms with van der Waals surface area (Å²) in [7, 11) is 0. The zero-order valence-electron chi connectivity index (χ0n) is 55.3. The molecule has 5 aliphatic heterocycles. The van der Waals surface area contributed by atoms with E-state index in [0.29, 0.717) is 56.9 Å². The second-order valence-electron chi connectivity index (χ2n) is 30.7. The summed E-state index contributed by atoms with van der Waals surface area (Å²) in [6.07, 6.45) is -42.1. The van der Waals surface area contributed by atoms with E-state index in [1.165, 1.54) is 13.8 Å². The fourth-order valence-corrected chi connectivity index (χ4v) is 18.7. The molecule has 5 aliphatic carbocycles. The molecule has 0 spiro atoms. The highest BCUT2D eigenvalue weighted by molar-refractivity contribution is 5.87. The molecule has 0 aromatic heterocycles.